The predicted octanol–water partition coefficient (Wildman–Crippen LogP) is 2.94. The van der Waals surface area contributed by atoms with Gasteiger partial charge in [0.25, 0.3) is 0 Å². The van der Waals surface area contributed by atoms with Crippen LogP contribution in [0.3, 0.4) is 0 Å². The van der Waals surface area contributed by atoms with E-state index in [1.54, 1.807) is 30.7 Å². The van der Waals surface area contributed by atoms with E-state index < -0.39 is 20.7 Å². The summed E-state index contributed by atoms with van der Waals surface area (Å²) < 4.78 is 32.7. The summed E-state index contributed by atoms with van der Waals surface area (Å²) in [5.41, 5.74) is 1.02. The summed E-state index contributed by atoms with van der Waals surface area (Å²) in [5.74, 6) is 1.59. The average molecular weight is 522 g/mol. The topological polar surface area (TPSA) is 149 Å². The molecule has 0 radical (unpaired) electrons. The monoisotopic (exact) mass is 521 g/mol. The van der Waals surface area contributed by atoms with Crippen molar-refractivity contribution in [2.24, 2.45) is 11.8 Å². The van der Waals surface area contributed by atoms with Gasteiger partial charge < -0.3 is 10.1 Å². The number of pyridine rings is 1. The van der Waals surface area contributed by atoms with Crippen LogP contribution in [-0.2, 0) is 20.2 Å². The van der Waals surface area contributed by atoms with Crippen molar-refractivity contribution in [2.75, 3.05) is 16.6 Å². The van der Waals surface area contributed by atoms with Crippen LogP contribution >= 0.6 is 0 Å². The minimum absolute atomic E-state index is 0.00928. The summed E-state index contributed by atoms with van der Waals surface area (Å²) in [6.07, 6.45) is 10.0. The van der Waals surface area contributed by atoms with Crippen molar-refractivity contribution in [3.8, 4) is 17.1 Å². The van der Waals surface area contributed by atoms with Crippen LogP contribution in [0.2, 0.25) is 0 Å². The van der Waals surface area contributed by atoms with E-state index >= 15 is 0 Å². The smallest absolute Gasteiger partial charge is 0.237 e. The number of nitrogens with one attached hydrogen (secondary N) is 2. The van der Waals surface area contributed by atoms with Crippen LogP contribution < -0.4 is 14.8 Å². The van der Waals surface area contributed by atoms with Crippen LogP contribution in [-0.4, -0.2) is 51.1 Å². The number of aromatic nitrogens is 5. The zero-order valence-corrected chi connectivity index (χ0v) is 21.1. The number of hydrogen-bond donors (Lipinski definition) is 2. The lowest BCUT2D eigenvalue weighted by Gasteiger charge is -2.29. The van der Waals surface area contributed by atoms with Gasteiger partial charge in [0.15, 0.2) is 0 Å². The molecule has 12 heteroatoms. The summed E-state index contributed by atoms with van der Waals surface area (Å²) in [4.78, 5) is 35.3. The number of carbonyl (C=O) groups excluding carboxylic acids is 1. The third-order valence-corrected chi connectivity index (χ3v) is 9.09. The normalized spacial score (nSPS) is 24.2. The number of ether oxygens (including phenoxy) is 1. The van der Waals surface area contributed by atoms with Gasteiger partial charge in [-0.3, -0.25) is 14.5 Å². The van der Waals surface area contributed by atoms with Crippen molar-refractivity contribution < 1.29 is 17.9 Å². The molecule has 0 aliphatic heterocycles. The number of anilines is 2. The third kappa shape index (κ3) is 4.73. The highest BCUT2D eigenvalue weighted by Gasteiger charge is 2.59. The first-order valence-electron chi connectivity index (χ1n) is 12.4. The van der Waals surface area contributed by atoms with E-state index in [4.69, 9.17) is 4.74 Å². The molecule has 0 saturated heterocycles. The number of fused-ring (bicyclic) bond motifs is 1. The molecule has 3 aliphatic carbocycles. The van der Waals surface area contributed by atoms with Gasteiger partial charge in [-0.15, -0.1) is 0 Å². The fourth-order valence-electron chi connectivity index (χ4n) is 5.12. The molecule has 3 aliphatic rings. The van der Waals surface area contributed by atoms with Gasteiger partial charge in [-0.1, -0.05) is 0 Å². The van der Waals surface area contributed by atoms with E-state index in [1.807, 2.05) is 13.0 Å². The van der Waals surface area contributed by atoms with Gasteiger partial charge >= 0.3 is 0 Å². The number of nitrogens with zero attached hydrogens (tertiary/aromatic N) is 5. The van der Waals surface area contributed by atoms with Crippen molar-refractivity contribution in [3.05, 3.63) is 48.7 Å². The third-order valence-electron chi connectivity index (χ3n) is 7.27. The van der Waals surface area contributed by atoms with E-state index in [0.717, 1.165) is 12.0 Å². The summed E-state index contributed by atoms with van der Waals surface area (Å²) in [7, 11) is -3.51. The summed E-state index contributed by atoms with van der Waals surface area (Å²) in [6.45, 7) is 2.37. The Labute approximate surface area is 214 Å². The largest absolute Gasteiger partial charge is 0.477 e. The maximum atomic E-state index is 13.7. The van der Waals surface area contributed by atoms with Crippen LogP contribution in [0.15, 0.2) is 43.0 Å². The molecule has 6 rings (SSSR count). The van der Waals surface area contributed by atoms with Gasteiger partial charge in [-0.25, -0.2) is 28.4 Å². The lowest BCUT2D eigenvalue weighted by Crippen LogP contribution is -2.40. The van der Waals surface area contributed by atoms with Gasteiger partial charge in [0.2, 0.25) is 27.8 Å². The SMILES string of the molecule is CCOc1cncc(-c2ccc(NC(=O)C3(c4ccnc(NS(=O)(=O)C5CC5)n4)CC4CC4C3)nc2)n1. The average Bonchev–Trinajstić information content (AvgIpc) is 3.83. The molecule has 37 heavy (non-hydrogen) atoms. The standard InChI is InChI=1S/C25H27N7O4S/c1-2-36-22-14-26-13-19(29-22)15-3-6-21(28-12-15)31-23(33)25(10-16-9-17(16)11-25)20-7-8-27-24(30-20)32-37(34,35)18-4-5-18/h3,6-8,12-14,16-18H,2,4-5,9-11H2,1H3,(H,27,30,32)(H,28,31,33). The number of rotatable bonds is 9. The van der Waals surface area contributed by atoms with Crippen molar-refractivity contribution in [1.82, 2.24) is 24.9 Å². The summed E-state index contributed by atoms with van der Waals surface area (Å²) in [6, 6.07) is 5.25. The Morgan fingerprint density at radius 1 is 1.08 bits per heavy atom. The van der Waals surface area contributed by atoms with E-state index in [2.05, 4.69) is 35.0 Å². The molecule has 2 atom stereocenters. The molecular formula is C25H27N7O4S. The second-order valence-electron chi connectivity index (χ2n) is 9.92. The van der Waals surface area contributed by atoms with Crippen LogP contribution in [0, 0.1) is 11.8 Å². The molecule has 192 valence electrons. The molecule has 0 aromatic carbocycles. The lowest BCUT2D eigenvalue weighted by atomic mass is 9.78. The maximum absolute atomic E-state index is 13.7. The molecule has 3 fully saturated rings. The van der Waals surface area contributed by atoms with Gasteiger partial charge in [0.1, 0.15) is 5.82 Å². The van der Waals surface area contributed by atoms with E-state index in [0.29, 0.717) is 67.2 Å². The number of hydrogen-bond acceptors (Lipinski definition) is 9. The van der Waals surface area contributed by atoms with E-state index in [-0.39, 0.29) is 11.9 Å². The van der Waals surface area contributed by atoms with Gasteiger partial charge in [0.05, 0.1) is 41.1 Å². The Morgan fingerprint density at radius 3 is 2.59 bits per heavy atom. The first-order chi connectivity index (χ1) is 17.9. The quantitative estimate of drug-likeness (QED) is 0.433. The zero-order valence-electron chi connectivity index (χ0n) is 20.3. The van der Waals surface area contributed by atoms with Crippen molar-refractivity contribution in [1.29, 1.82) is 0 Å². The number of sulfonamides is 1. The number of amides is 1. The van der Waals surface area contributed by atoms with Crippen LogP contribution in [0.4, 0.5) is 11.8 Å². The Kier molecular flexibility index (Phi) is 5.78. The fraction of sp³-hybridized carbons (Fsp3) is 0.440. The van der Waals surface area contributed by atoms with Gasteiger partial charge in [-0.2, -0.15) is 0 Å². The second kappa shape index (κ2) is 9.02. The molecule has 11 nitrogen and oxygen atoms in total. The predicted molar refractivity (Wildman–Crippen MR) is 135 cm³/mol. The molecule has 1 amide bonds. The summed E-state index contributed by atoms with van der Waals surface area (Å²) >= 11 is 0. The minimum Gasteiger partial charge on any atom is -0.477 e. The van der Waals surface area contributed by atoms with Gasteiger partial charge in [0, 0.05) is 18.0 Å². The van der Waals surface area contributed by atoms with Crippen LogP contribution in [0.1, 0.15) is 44.7 Å². The molecule has 3 aromatic heterocycles. The first-order valence-corrected chi connectivity index (χ1v) is 14.0. The highest BCUT2D eigenvalue weighted by atomic mass is 32.2. The molecule has 2 N–H and O–H groups in total. The Bertz CT molecular complexity index is 1430. The Balaban J connectivity index is 1.22. The fourth-order valence-corrected chi connectivity index (χ4v) is 6.40. The molecule has 3 heterocycles. The maximum Gasteiger partial charge on any atom is 0.237 e. The molecule has 2 unspecified atom stereocenters. The van der Waals surface area contributed by atoms with E-state index in [1.165, 1.54) is 6.20 Å². The molecule has 3 aromatic rings. The zero-order chi connectivity index (χ0) is 25.6. The highest BCUT2D eigenvalue weighted by molar-refractivity contribution is 7.93. The second-order valence-corrected chi connectivity index (χ2v) is 11.9. The van der Waals surface area contributed by atoms with Crippen molar-refractivity contribution >= 4 is 27.7 Å². The van der Waals surface area contributed by atoms with Crippen molar-refractivity contribution in [3.63, 3.8) is 0 Å². The first kappa shape index (κ1) is 23.7. The minimum atomic E-state index is -3.51. The molecular weight excluding hydrogens is 494 g/mol. The molecule has 0 spiro atoms. The van der Waals surface area contributed by atoms with Crippen LogP contribution in [0.5, 0.6) is 5.88 Å². The molecule has 3 saturated carbocycles. The summed E-state index contributed by atoms with van der Waals surface area (Å²) in [5, 5.41) is 2.57. The van der Waals surface area contributed by atoms with Gasteiger partial charge in [-0.05, 0) is 69.1 Å². The Morgan fingerprint density at radius 2 is 1.89 bits per heavy atom. The molecule has 0 bridgehead atoms. The van der Waals surface area contributed by atoms with Crippen LogP contribution in [0.25, 0.3) is 11.3 Å². The van der Waals surface area contributed by atoms with E-state index in [9.17, 15) is 13.2 Å². The van der Waals surface area contributed by atoms with Crippen molar-refractivity contribution in [2.45, 2.75) is 49.7 Å². The Hall–Kier alpha value is -3.67. The number of carbonyl (C=O) groups is 1. The lowest BCUT2D eigenvalue weighted by molar-refractivity contribution is -0.122. The highest BCUT2D eigenvalue weighted by Crippen LogP contribution is 2.60.